The van der Waals surface area contributed by atoms with Gasteiger partial charge < -0.3 is 14.5 Å². The van der Waals surface area contributed by atoms with E-state index in [1.54, 1.807) is 0 Å². The first-order chi connectivity index (χ1) is 11.2. The van der Waals surface area contributed by atoms with Gasteiger partial charge in [-0.15, -0.1) is 0 Å². The Balaban J connectivity index is 2.23. The molecule has 1 amide bonds. The molecule has 0 saturated heterocycles. The van der Waals surface area contributed by atoms with Crippen molar-refractivity contribution in [1.82, 2.24) is 15.0 Å². The molecule has 1 aromatic heterocycles. The molecule has 0 atom stereocenters. The fourth-order valence-electron chi connectivity index (χ4n) is 1.90. The zero-order valence-electron chi connectivity index (χ0n) is 12.5. The van der Waals surface area contributed by atoms with E-state index in [0.29, 0.717) is 6.42 Å². The lowest BCUT2D eigenvalue weighted by molar-refractivity contribution is -0.159. The minimum atomic E-state index is -4.80. The maximum atomic E-state index is 14.1. The number of nitrogens with zero attached hydrogens (tertiary/aromatic N) is 3. The van der Waals surface area contributed by atoms with Crippen LogP contribution in [0.3, 0.4) is 0 Å². The Labute approximate surface area is 133 Å². The van der Waals surface area contributed by atoms with Gasteiger partial charge in [0.25, 0.3) is 5.91 Å². The number of amides is 1. The predicted octanol–water partition coefficient (Wildman–Crippen LogP) is 2.35. The van der Waals surface area contributed by atoms with E-state index in [0.717, 1.165) is 12.1 Å². The van der Waals surface area contributed by atoms with Gasteiger partial charge in [0.05, 0.1) is 5.56 Å². The van der Waals surface area contributed by atoms with Crippen LogP contribution in [0.1, 0.15) is 22.7 Å². The minimum Gasteiger partial charge on any atom is -0.396 e. The molecular weight excluding hydrogens is 334 g/mol. The lowest BCUT2D eigenvalue weighted by atomic mass is 10.1. The van der Waals surface area contributed by atoms with Crippen molar-refractivity contribution in [2.75, 3.05) is 20.2 Å². The van der Waals surface area contributed by atoms with E-state index < -0.39 is 29.6 Å². The highest BCUT2D eigenvalue weighted by Gasteiger charge is 2.38. The van der Waals surface area contributed by atoms with Gasteiger partial charge in [0.2, 0.25) is 5.82 Å². The molecule has 0 aliphatic rings. The van der Waals surface area contributed by atoms with Crippen molar-refractivity contribution in [3.63, 3.8) is 0 Å². The quantitative estimate of drug-likeness (QED) is 0.840. The van der Waals surface area contributed by atoms with Crippen LogP contribution in [0, 0.1) is 5.82 Å². The van der Waals surface area contributed by atoms with Crippen LogP contribution in [0.25, 0.3) is 11.4 Å². The van der Waals surface area contributed by atoms with Crippen molar-refractivity contribution < 1.29 is 32.0 Å². The van der Waals surface area contributed by atoms with E-state index in [1.165, 1.54) is 18.0 Å². The van der Waals surface area contributed by atoms with Crippen LogP contribution < -0.4 is 0 Å². The second-order valence-electron chi connectivity index (χ2n) is 4.92. The maximum Gasteiger partial charge on any atom is 0.471 e. The molecule has 2 aromatic rings. The summed E-state index contributed by atoms with van der Waals surface area (Å²) >= 11 is 0. The SMILES string of the molecule is CN(CCCO)C(=O)c1ccc(-c2noc(C(F)(F)F)n2)cc1F. The summed E-state index contributed by atoms with van der Waals surface area (Å²) in [5.41, 5.74) is -0.306. The van der Waals surface area contributed by atoms with Gasteiger partial charge in [0.1, 0.15) is 5.82 Å². The fourth-order valence-corrected chi connectivity index (χ4v) is 1.90. The molecule has 0 saturated carbocycles. The van der Waals surface area contributed by atoms with Gasteiger partial charge in [-0.05, 0) is 18.6 Å². The van der Waals surface area contributed by atoms with E-state index in [4.69, 9.17) is 5.11 Å². The standard InChI is InChI=1S/C14H13F4N3O3/c1-21(5-2-6-22)12(23)9-4-3-8(7-10(9)15)11-19-13(24-20-11)14(16,17)18/h3-4,7,22H,2,5-6H2,1H3. The Morgan fingerprint density at radius 1 is 1.38 bits per heavy atom. The van der Waals surface area contributed by atoms with Crippen molar-refractivity contribution in [3.8, 4) is 11.4 Å². The number of rotatable bonds is 5. The summed E-state index contributed by atoms with van der Waals surface area (Å²) < 4.78 is 55.4. The number of carbonyl (C=O) groups is 1. The third-order valence-electron chi connectivity index (χ3n) is 3.12. The average Bonchev–Trinajstić information content (AvgIpc) is 3.02. The number of carbonyl (C=O) groups excluding carboxylic acids is 1. The van der Waals surface area contributed by atoms with E-state index in [2.05, 4.69) is 14.7 Å². The Kier molecular flexibility index (Phi) is 5.17. The molecule has 0 aliphatic carbocycles. The van der Waals surface area contributed by atoms with Crippen molar-refractivity contribution in [2.24, 2.45) is 0 Å². The first-order valence-corrected chi connectivity index (χ1v) is 6.81. The fraction of sp³-hybridized carbons (Fsp3) is 0.357. The molecule has 6 nitrogen and oxygen atoms in total. The summed E-state index contributed by atoms with van der Waals surface area (Å²) in [6, 6.07) is 3.21. The lowest BCUT2D eigenvalue weighted by Gasteiger charge is -2.17. The Bertz CT molecular complexity index is 730. The van der Waals surface area contributed by atoms with Crippen LogP contribution in [-0.2, 0) is 6.18 Å². The van der Waals surface area contributed by atoms with Crippen LogP contribution in [-0.4, -0.2) is 46.3 Å². The number of aliphatic hydroxyl groups excluding tert-OH is 1. The van der Waals surface area contributed by atoms with E-state index in [1.807, 2.05) is 0 Å². The Hall–Kier alpha value is -2.49. The number of hydrogen-bond donors (Lipinski definition) is 1. The summed E-state index contributed by atoms with van der Waals surface area (Å²) in [7, 11) is 1.44. The molecular formula is C14H13F4N3O3. The largest absolute Gasteiger partial charge is 0.471 e. The van der Waals surface area contributed by atoms with Gasteiger partial charge in [-0.1, -0.05) is 11.2 Å². The monoisotopic (exact) mass is 347 g/mol. The Morgan fingerprint density at radius 2 is 2.08 bits per heavy atom. The van der Waals surface area contributed by atoms with Crippen LogP contribution in [0.2, 0.25) is 0 Å². The topological polar surface area (TPSA) is 79.5 Å². The van der Waals surface area contributed by atoms with Gasteiger partial charge in [-0.2, -0.15) is 18.2 Å². The van der Waals surface area contributed by atoms with E-state index >= 15 is 0 Å². The normalized spacial score (nSPS) is 11.6. The van der Waals surface area contributed by atoms with Gasteiger partial charge >= 0.3 is 12.1 Å². The highest BCUT2D eigenvalue weighted by atomic mass is 19.4. The van der Waals surface area contributed by atoms with Crippen molar-refractivity contribution in [1.29, 1.82) is 0 Å². The molecule has 1 aromatic carbocycles. The van der Waals surface area contributed by atoms with Crippen molar-refractivity contribution in [2.45, 2.75) is 12.6 Å². The lowest BCUT2D eigenvalue weighted by Crippen LogP contribution is -2.29. The van der Waals surface area contributed by atoms with Gasteiger partial charge in [0, 0.05) is 25.8 Å². The van der Waals surface area contributed by atoms with Gasteiger partial charge in [-0.25, -0.2) is 4.39 Å². The third-order valence-corrected chi connectivity index (χ3v) is 3.12. The van der Waals surface area contributed by atoms with Crippen LogP contribution in [0.15, 0.2) is 22.7 Å². The molecule has 10 heteroatoms. The molecule has 0 fully saturated rings. The van der Waals surface area contributed by atoms with Gasteiger partial charge in [0.15, 0.2) is 0 Å². The number of aromatic nitrogens is 2. The van der Waals surface area contributed by atoms with Gasteiger partial charge in [-0.3, -0.25) is 4.79 Å². The Morgan fingerprint density at radius 3 is 2.62 bits per heavy atom. The highest BCUT2D eigenvalue weighted by Crippen LogP contribution is 2.29. The summed E-state index contributed by atoms with van der Waals surface area (Å²) in [4.78, 5) is 16.4. The summed E-state index contributed by atoms with van der Waals surface area (Å²) in [5.74, 6) is -3.51. The summed E-state index contributed by atoms with van der Waals surface area (Å²) in [6.07, 6.45) is -4.46. The van der Waals surface area contributed by atoms with Crippen LogP contribution in [0.5, 0.6) is 0 Å². The number of halogens is 4. The number of aliphatic hydroxyl groups is 1. The molecule has 1 N–H and O–H groups in total. The molecule has 0 bridgehead atoms. The first-order valence-electron chi connectivity index (χ1n) is 6.81. The molecule has 2 rings (SSSR count). The summed E-state index contributed by atoms with van der Waals surface area (Å²) in [5, 5.41) is 11.9. The molecule has 130 valence electrons. The molecule has 1 heterocycles. The highest BCUT2D eigenvalue weighted by molar-refractivity contribution is 5.94. The zero-order chi connectivity index (χ0) is 17.9. The van der Waals surface area contributed by atoms with Crippen LogP contribution in [0.4, 0.5) is 17.6 Å². The second kappa shape index (κ2) is 6.95. The minimum absolute atomic E-state index is 0.0543. The predicted molar refractivity (Wildman–Crippen MR) is 73.4 cm³/mol. The van der Waals surface area contributed by atoms with E-state index in [9.17, 15) is 22.4 Å². The summed E-state index contributed by atoms with van der Waals surface area (Å²) in [6.45, 7) is 0.120. The maximum absolute atomic E-state index is 14.1. The van der Waals surface area contributed by atoms with Crippen LogP contribution >= 0.6 is 0 Å². The molecule has 0 radical (unpaired) electrons. The van der Waals surface area contributed by atoms with E-state index in [-0.39, 0.29) is 24.3 Å². The number of benzene rings is 1. The third kappa shape index (κ3) is 3.88. The molecule has 0 aliphatic heterocycles. The van der Waals surface area contributed by atoms with Crippen molar-refractivity contribution >= 4 is 5.91 Å². The second-order valence-corrected chi connectivity index (χ2v) is 4.92. The average molecular weight is 347 g/mol. The molecule has 0 spiro atoms. The number of alkyl halides is 3. The smallest absolute Gasteiger partial charge is 0.396 e. The zero-order valence-corrected chi connectivity index (χ0v) is 12.5. The first kappa shape index (κ1) is 17.9. The molecule has 0 unspecified atom stereocenters. The van der Waals surface area contributed by atoms with Crippen molar-refractivity contribution in [3.05, 3.63) is 35.5 Å². The number of hydrogen-bond acceptors (Lipinski definition) is 5. The molecule has 24 heavy (non-hydrogen) atoms.